The number of rotatable bonds is 3. The van der Waals surface area contributed by atoms with E-state index in [1.165, 1.54) is 24.4 Å². The number of benzene rings is 1. The lowest BCUT2D eigenvalue weighted by atomic mass is 10.1. The van der Waals surface area contributed by atoms with Gasteiger partial charge >= 0.3 is 0 Å². The van der Waals surface area contributed by atoms with E-state index < -0.39 is 5.82 Å². The van der Waals surface area contributed by atoms with Gasteiger partial charge in [0.1, 0.15) is 5.82 Å². The minimum absolute atomic E-state index is 0.148. The van der Waals surface area contributed by atoms with Crippen LogP contribution in [0.1, 0.15) is 18.5 Å². The van der Waals surface area contributed by atoms with Gasteiger partial charge < -0.3 is 5.32 Å². The number of pyridine rings is 1. The molecule has 0 saturated carbocycles. The second-order valence-corrected chi connectivity index (χ2v) is 4.82. The van der Waals surface area contributed by atoms with E-state index in [0.717, 1.165) is 5.56 Å². The van der Waals surface area contributed by atoms with Crippen LogP contribution >= 0.6 is 15.9 Å². The molecular weight excluding hydrogens is 302 g/mol. The van der Waals surface area contributed by atoms with E-state index in [4.69, 9.17) is 0 Å². The van der Waals surface area contributed by atoms with Crippen molar-refractivity contribution in [1.29, 1.82) is 0 Å². The Kier molecular flexibility index (Phi) is 3.91. The van der Waals surface area contributed by atoms with E-state index in [9.17, 15) is 8.78 Å². The molecular formula is C13H11BrF2N2. The van der Waals surface area contributed by atoms with Crippen molar-refractivity contribution < 1.29 is 8.78 Å². The summed E-state index contributed by atoms with van der Waals surface area (Å²) in [6, 6.07) is 7.27. The van der Waals surface area contributed by atoms with Crippen molar-refractivity contribution in [2.45, 2.75) is 13.0 Å². The largest absolute Gasteiger partial charge is 0.361 e. The zero-order valence-electron chi connectivity index (χ0n) is 9.62. The molecule has 1 unspecified atom stereocenters. The van der Waals surface area contributed by atoms with E-state index >= 15 is 0 Å². The Labute approximate surface area is 112 Å². The van der Waals surface area contributed by atoms with Crippen LogP contribution in [0.15, 0.2) is 41.0 Å². The van der Waals surface area contributed by atoms with Gasteiger partial charge in [-0.05, 0) is 46.6 Å². The Hall–Kier alpha value is -1.49. The predicted molar refractivity (Wildman–Crippen MR) is 70.3 cm³/mol. The summed E-state index contributed by atoms with van der Waals surface area (Å²) >= 11 is 3.14. The predicted octanol–water partition coefficient (Wildman–Crippen LogP) is 4.30. The second kappa shape index (κ2) is 5.44. The average Bonchev–Trinajstić information content (AvgIpc) is 2.32. The lowest BCUT2D eigenvalue weighted by Crippen LogP contribution is -2.09. The van der Waals surface area contributed by atoms with E-state index in [1.807, 2.05) is 6.92 Å². The second-order valence-electron chi connectivity index (χ2n) is 3.90. The van der Waals surface area contributed by atoms with Gasteiger partial charge in [0, 0.05) is 10.7 Å². The minimum atomic E-state index is -0.451. The van der Waals surface area contributed by atoms with E-state index in [2.05, 4.69) is 26.2 Å². The maximum absolute atomic E-state index is 13.6. The molecule has 2 aromatic rings. The zero-order valence-corrected chi connectivity index (χ0v) is 11.2. The highest BCUT2D eigenvalue weighted by Gasteiger charge is 2.10. The Morgan fingerprint density at radius 2 is 2.06 bits per heavy atom. The highest BCUT2D eigenvalue weighted by molar-refractivity contribution is 9.10. The lowest BCUT2D eigenvalue weighted by molar-refractivity contribution is 0.617. The number of nitrogens with zero attached hydrogens (tertiary/aromatic N) is 1. The van der Waals surface area contributed by atoms with Gasteiger partial charge in [-0.1, -0.05) is 12.1 Å². The van der Waals surface area contributed by atoms with Crippen LogP contribution in [-0.4, -0.2) is 4.98 Å². The lowest BCUT2D eigenvalue weighted by Gasteiger charge is -2.15. The fourth-order valence-corrected chi connectivity index (χ4v) is 1.89. The molecule has 0 aliphatic carbocycles. The first kappa shape index (κ1) is 13.0. The number of aromatic nitrogens is 1. The fraction of sp³-hybridized carbons (Fsp3) is 0.154. The van der Waals surface area contributed by atoms with Crippen LogP contribution in [0.4, 0.5) is 14.6 Å². The number of hydrogen-bond donors (Lipinski definition) is 1. The number of halogens is 3. The summed E-state index contributed by atoms with van der Waals surface area (Å²) < 4.78 is 27.2. The summed E-state index contributed by atoms with van der Waals surface area (Å²) in [7, 11) is 0. The molecule has 94 valence electrons. The van der Waals surface area contributed by atoms with Gasteiger partial charge in [0.05, 0.1) is 6.04 Å². The number of nitrogens with one attached hydrogen (secondary N) is 1. The van der Waals surface area contributed by atoms with Gasteiger partial charge in [-0.3, -0.25) is 0 Å². The summed E-state index contributed by atoms with van der Waals surface area (Å²) in [4.78, 5) is 3.94. The summed E-state index contributed by atoms with van der Waals surface area (Å²) in [5.74, 6) is -0.618. The molecule has 2 nitrogen and oxygen atoms in total. The molecule has 1 aromatic heterocycles. The molecule has 1 aromatic carbocycles. The van der Waals surface area contributed by atoms with Gasteiger partial charge in [-0.15, -0.1) is 0 Å². The minimum Gasteiger partial charge on any atom is -0.361 e. The summed E-state index contributed by atoms with van der Waals surface area (Å²) in [6.07, 6.45) is 1.50. The summed E-state index contributed by atoms with van der Waals surface area (Å²) in [6.45, 7) is 1.82. The monoisotopic (exact) mass is 312 g/mol. The van der Waals surface area contributed by atoms with Gasteiger partial charge in [-0.2, -0.15) is 0 Å². The highest BCUT2D eigenvalue weighted by atomic mass is 79.9. The van der Waals surface area contributed by atoms with E-state index in [0.29, 0.717) is 4.47 Å². The van der Waals surface area contributed by atoms with Crippen molar-refractivity contribution in [1.82, 2.24) is 4.98 Å². The quantitative estimate of drug-likeness (QED) is 0.914. The van der Waals surface area contributed by atoms with Crippen molar-refractivity contribution in [3.8, 4) is 0 Å². The molecule has 0 fully saturated rings. The zero-order chi connectivity index (χ0) is 13.1. The Balaban J connectivity index is 2.18. The third kappa shape index (κ3) is 3.04. The van der Waals surface area contributed by atoms with Crippen molar-refractivity contribution >= 4 is 21.7 Å². The number of hydrogen-bond acceptors (Lipinski definition) is 2. The first-order valence-electron chi connectivity index (χ1n) is 5.39. The van der Waals surface area contributed by atoms with Crippen molar-refractivity contribution in [2.75, 3.05) is 5.32 Å². The summed E-state index contributed by atoms with van der Waals surface area (Å²) in [5, 5.41) is 2.91. The Bertz CT molecular complexity index is 560. The van der Waals surface area contributed by atoms with Gasteiger partial charge in [0.2, 0.25) is 0 Å². The topological polar surface area (TPSA) is 24.9 Å². The maximum atomic E-state index is 13.6. The van der Waals surface area contributed by atoms with Crippen molar-refractivity contribution in [2.24, 2.45) is 0 Å². The molecule has 1 atom stereocenters. The van der Waals surface area contributed by atoms with Crippen LogP contribution in [0.3, 0.4) is 0 Å². The molecule has 18 heavy (non-hydrogen) atoms. The average molecular weight is 313 g/mol. The molecule has 0 aliphatic heterocycles. The van der Waals surface area contributed by atoms with Crippen LogP contribution < -0.4 is 5.32 Å². The maximum Gasteiger partial charge on any atom is 0.166 e. The van der Waals surface area contributed by atoms with E-state index in [-0.39, 0.29) is 17.7 Å². The van der Waals surface area contributed by atoms with Gasteiger partial charge in [-0.25, -0.2) is 13.8 Å². The van der Waals surface area contributed by atoms with Crippen LogP contribution in [-0.2, 0) is 0 Å². The molecule has 1 heterocycles. The van der Waals surface area contributed by atoms with Crippen molar-refractivity contribution in [3.05, 3.63) is 58.2 Å². The fourth-order valence-electron chi connectivity index (χ4n) is 1.59. The van der Waals surface area contributed by atoms with Gasteiger partial charge in [0.15, 0.2) is 11.6 Å². The molecule has 0 saturated heterocycles. The molecule has 0 amide bonds. The Morgan fingerprint density at radius 1 is 1.28 bits per heavy atom. The highest BCUT2D eigenvalue weighted by Crippen LogP contribution is 2.22. The smallest absolute Gasteiger partial charge is 0.166 e. The first-order valence-corrected chi connectivity index (χ1v) is 6.18. The Morgan fingerprint density at radius 3 is 2.72 bits per heavy atom. The standard InChI is InChI=1S/C13H11BrF2N2/c1-8(9-3-2-4-11(15)5-9)18-13-12(16)6-10(14)7-17-13/h2-8H,1H3,(H,17,18). The summed E-state index contributed by atoms with van der Waals surface area (Å²) in [5.41, 5.74) is 0.735. The van der Waals surface area contributed by atoms with Crippen LogP contribution in [0.2, 0.25) is 0 Å². The van der Waals surface area contributed by atoms with Gasteiger partial charge in [0.25, 0.3) is 0 Å². The number of anilines is 1. The van der Waals surface area contributed by atoms with E-state index in [1.54, 1.807) is 12.1 Å². The van der Waals surface area contributed by atoms with Crippen LogP contribution in [0.25, 0.3) is 0 Å². The van der Waals surface area contributed by atoms with Crippen LogP contribution in [0, 0.1) is 11.6 Å². The van der Waals surface area contributed by atoms with Crippen LogP contribution in [0.5, 0.6) is 0 Å². The molecule has 5 heteroatoms. The SMILES string of the molecule is CC(Nc1ncc(Br)cc1F)c1cccc(F)c1. The third-order valence-corrected chi connectivity index (χ3v) is 2.94. The molecule has 0 radical (unpaired) electrons. The third-order valence-electron chi connectivity index (χ3n) is 2.51. The molecule has 0 bridgehead atoms. The molecule has 0 aliphatic rings. The molecule has 2 rings (SSSR count). The first-order chi connectivity index (χ1) is 8.56. The molecule has 0 spiro atoms. The normalized spacial score (nSPS) is 12.2. The molecule has 1 N–H and O–H groups in total. The van der Waals surface area contributed by atoms with Crippen molar-refractivity contribution in [3.63, 3.8) is 0 Å².